The zero-order valence-corrected chi connectivity index (χ0v) is 8.79. The van der Waals surface area contributed by atoms with Crippen molar-refractivity contribution in [2.24, 2.45) is 0 Å². The third kappa shape index (κ3) is 2.01. The minimum atomic E-state index is -0.234. The van der Waals surface area contributed by atoms with Crippen LogP contribution in [0.25, 0.3) is 0 Å². The molecule has 0 N–H and O–H groups in total. The minimum absolute atomic E-state index is 0.0181. The van der Waals surface area contributed by atoms with Crippen LogP contribution in [0.2, 0.25) is 0 Å². The molecule has 1 fully saturated rings. The van der Waals surface area contributed by atoms with Crippen LogP contribution in [0.15, 0.2) is 18.2 Å². The van der Waals surface area contributed by atoms with Crippen LogP contribution < -0.4 is 4.90 Å². The van der Waals surface area contributed by atoms with Gasteiger partial charge < -0.3 is 4.90 Å². The lowest BCUT2D eigenvalue weighted by Gasteiger charge is -2.18. The van der Waals surface area contributed by atoms with Crippen LogP contribution in [0.4, 0.5) is 10.1 Å². The maximum Gasteiger partial charge on any atom is 0.159 e. The molecule has 0 bridgehead atoms. The number of carbonyl (C=O) groups excluding carboxylic acids is 1. The molecule has 1 aromatic rings. The average Bonchev–Trinajstić information content (AvgIpc) is 2.71. The van der Waals surface area contributed by atoms with E-state index < -0.39 is 0 Å². The molecule has 2 nitrogen and oxygen atoms in total. The Kier molecular flexibility index (Phi) is 2.71. The summed E-state index contributed by atoms with van der Waals surface area (Å²) in [6.45, 7) is 3.28. The monoisotopic (exact) mass is 207 g/mol. The largest absolute Gasteiger partial charge is 0.369 e. The van der Waals surface area contributed by atoms with Gasteiger partial charge in [0, 0.05) is 18.7 Å². The van der Waals surface area contributed by atoms with Crippen molar-refractivity contribution in [1.82, 2.24) is 0 Å². The highest BCUT2D eigenvalue weighted by Gasteiger charge is 2.16. The van der Waals surface area contributed by atoms with Crippen molar-refractivity contribution in [3.05, 3.63) is 29.6 Å². The van der Waals surface area contributed by atoms with Crippen molar-refractivity contribution in [1.29, 1.82) is 0 Å². The number of ketones is 1. The summed E-state index contributed by atoms with van der Waals surface area (Å²) in [7, 11) is 0. The Morgan fingerprint density at radius 2 is 2.00 bits per heavy atom. The van der Waals surface area contributed by atoms with E-state index in [9.17, 15) is 9.18 Å². The normalized spacial score (nSPS) is 15.7. The summed E-state index contributed by atoms with van der Waals surface area (Å²) >= 11 is 0. The van der Waals surface area contributed by atoms with Crippen LogP contribution in [0.1, 0.15) is 30.1 Å². The minimum Gasteiger partial charge on any atom is -0.369 e. The summed E-state index contributed by atoms with van der Waals surface area (Å²) in [4.78, 5) is 13.2. The van der Waals surface area contributed by atoms with Gasteiger partial charge in [0.15, 0.2) is 5.78 Å². The van der Waals surface area contributed by atoms with Crippen molar-refractivity contribution in [3.63, 3.8) is 0 Å². The van der Waals surface area contributed by atoms with Crippen LogP contribution in [-0.4, -0.2) is 18.9 Å². The highest BCUT2D eigenvalue weighted by atomic mass is 19.1. The Balaban J connectivity index is 2.35. The Morgan fingerprint density at radius 1 is 1.33 bits per heavy atom. The summed E-state index contributed by atoms with van der Waals surface area (Å²) in [5, 5.41) is 0. The molecule has 1 saturated heterocycles. The molecular weight excluding hydrogens is 193 g/mol. The number of nitrogens with zero attached hydrogens (tertiary/aromatic N) is 1. The summed E-state index contributed by atoms with van der Waals surface area (Å²) in [6.07, 6.45) is 2.20. The first-order chi connectivity index (χ1) is 7.18. The topological polar surface area (TPSA) is 20.3 Å². The van der Waals surface area contributed by atoms with Crippen LogP contribution in [0.3, 0.4) is 0 Å². The molecule has 0 aromatic heterocycles. The molecule has 1 aliphatic heterocycles. The lowest BCUT2D eigenvalue weighted by atomic mass is 10.1. The third-order valence-electron chi connectivity index (χ3n) is 2.80. The van der Waals surface area contributed by atoms with E-state index in [0.717, 1.165) is 25.9 Å². The van der Waals surface area contributed by atoms with Gasteiger partial charge in [0.25, 0.3) is 0 Å². The van der Waals surface area contributed by atoms with Crippen LogP contribution in [0, 0.1) is 5.82 Å². The molecule has 0 radical (unpaired) electrons. The van der Waals surface area contributed by atoms with E-state index in [-0.39, 0.29) is 11.6 Å². The van der Waals surface area contributed by atoms with Gasteiger partial charge in [0.2, 0.25) is 0 Å². The Labute approximate surface area is 88.7 Å². The van der Waals surface area contributed by atoms with E-state index in [1.807, 2.05) is 4.90 Å². The number of benzene rings is 1. The molecule has 0 unspecified atom stereocenters. The van der Waals surface area contributed by atoms with Crippen LogP contribution >= 0.6 is 0 Å². The van der Waals surface area contributed by atoms with Gasteiger partial charge in [-0.2, -0.15) is 0 Å². The molecular formula is C12H14FNO. The second-order valence-corrected chi connectivity index (χ2v) is 3.92. The Bertz CT molecular complexity index is 383. The van der Waals surface area contributed by atoms with Crippen LogP contribution in [0.5, 0.6) is 0 Å². The number of hydrogen-bond acceptors (Lipinski definition) is 2. The van der Waals surface area contributed by atoms with E-state index in [4.69, 9.17) is 0 Å². The summed E-state index contributed by atoms with van der Waals surface area (Å²) in [5.74, 6) is -0.252. The van der Waals surface area contributed by atoms with Gasteiger partial charge in [-0.25, -0.2) is 4.39 Å². The maximum absolute atomic E-state index is 13.5. The van der Waals surface area contributed by atoms with Gasteiger partial charge >= 0.3 is 0 Å². The molecule has 1 aromatic carbocycles. The lowest BCUT2D eigenvalue weighted by Crippen LogP contribution is -2.19. The first kappa shape index (κ1) is 10.1. The second kappa shape index (κ2) is 4.01. The molecule has 15 heavy (non-hydrogen) atoms. The smallest absolute Gasteiger partial charge is 0.159 e. The molecule has 1 aliphatic rings. The van der Waals surface area contributed by atoms with Gasteiger partial charge in [0.05, 0.1) is 5.69 Å². The molecule has 3 heteroatoms. The molecule has 0 aliphatic carbocycles. The van der Waals surface area contributed by atoms with Crippen molar-refractivity contribution < 1.29 is 9.18 Å². The first-order valence-electron chi connectivity index (χ1n) is 5.24. The van der Waals surface area contributed by atoms with Crippen molar-refractivity contribution in [2.45, 2.75) is 19.8 Å². The predicted molar refractivity (Wildman–Crippen MR) is 57.9 cm³/mol. The SMILES string of the molecule is CC(=O)c1ccc(F)c(N2CCCC2)c1. The van der Waals surface area contributed by atoms with Crippen molar-refractivity contribution >= 4 is 11.5 Å². The molecule has 0 atom stereocenters. The van der Waals surface area contributed by atoms with Gasteiger partial charge in [-0.3, -0.25) is 4.79 Å². The van der Waals surface area contributed by atoms with Crippen molar-refractivity contribution in [2.75, 3.05) is 18.0 Å². The molecule has 0 spiro atoms. The van der Waals surface area contributed by atoms with E-state index in [2.05, 4.69) is 0 Å². The van der Waals surface area contributed by atoms with Crippen molar-refractivity contribution in [3.8, 4) is 0 Å². The molecule has 0 amide bonds. The van der Waals surface area contributed by atoms with E-state index in [1.54, 1.807) is 6.07 Å². The predicted octanol–water partition coefficient (Wildman–Crippen LogP) is 2.63. The van der Waals surface area contributed by atoms with Gasteiger partial charge in [-0.15, -0.1) is 0 Å². The fourth-order valence-corrected chi connectivity index (χ4v) is 1.93. The molecule has 80 valence electrons. The fraction of sp³-hybridized carbons (Fsp3) is 0.417. The number of carbonyl (C=O) groups is 1. The molecule has 1 heterocycles. The zero-order valence-electron chi connectivity index (χ0n) is 8.79. The maximum atomic E-state index is 13.5. The molecule has 0 saturated carbocycles. The van der Waals surface area contributed by atoms with Crippen LogP contribution in [-0.2, 0) is 0 Å². The Hall–Kier alpha value is -1.38. The third-order valence-corrected chi connectivity index (χ3v) is 2.80. The van der Waals surface area contributed by atoms with E-state index in [0.29, 0.717) is 11.3 Å². The van der Waals surface area contributed by atoms with Gasteiger partial charge in [-0.05, 0) is 38.0 Å². The average molecular weight is 207 g/mol. The lowest BCUT2D eigenvalue weighted by molar-refractivity contribution is 0.101. The molecule has 2 rings (SSSR count). The van der Waals surface area contributed by atoms with E-state index in [1.165, 1.54) is 19.1 Å². The van der Waals surface area contributed by atoms with Gasteiger partial charge in [0.1, 0.15) is 5.82 Å². The highest BCUT2D eigenvalue weighted by Crippen LogP contribution is 2.24. The fourth-order valence-electron chi connectivity index (χ4n) is 1.93. The summed E-state index contributed by atoms with van der Waals surface area (Å²) in [6, 6.07) is 4.57. The zero-order chi connectivity index (χ0) is 10.8. The number of anilines is 1. The van der Waals surface area contributed by atoms with Gasteiger partial charge in [-0.1, -0.05) is 0 Å². The first-order valence-corrected chi connectivity index (χ1v) is 5.24. The highest BCUT2D eigenvalue weighted by molar-refractivity contribution is 5.95. The Morgan fingerprint density at radius 3 is 2.60 bits per heavy atom. The quantitative estimate of drug-likeness (QED) is 0.695. The standard InChI is InChI=1S/C12H14FNO/c1-9(15)10-4-5-11(13)12(8-10)14-6-2-3-7-14/h4-5,8H,2-3,6-7H2,1H3. The number of rotatable bonds is 2. The number of Topliss-reactive ketones (excluding diaryl/α,β-unsaturated/α-hetero) is 1. The number of hydrogen-bond donors (Lipinski definition) is 0. The summed E-state index contributed by atoms with van der Waals surface area (Å²) < 4.78 is 13.5. The number of halogens is 1. The van der Waals surface area contributed by atoms with E-state index >= 15 is 0 Å². The second-order valence-electron chi connectivity index (χ2n) is 3.92. The summed E-state index contributed by atoms with van der Waals surface area (Å²) in [5.41, 5.74) is 1.15.